The Hall–Kier alpha value is -2.11. The summed E-state index contributed by atoms with van der Waals surface area (Å²) in [5.74, 6) is -1.11. The third-order valence-electron chi connectivity index (χ3n) is 3.00. The Kier molecular flexibility index (Phi) is 3.45. The average molecular weight is 250 g/mol. The van der Waals surface area contributed by atoms with Gasteiger partial charge in [0.25, 0.3) is 5.91 Å². The number of aromatic nitrogens is 1. The van der Waals surface area contributed by atoms with Crippen molar-refractivity contribution in [3.8, 4) is 5.75 Å². The summed E-state index contributed by atoms with van der Waals surface area (Å²) in [6.45, 7) is 0.774. The summed E-state index contributed by atoms with van der Waals surface area (Å²) in [6, 6.07) is 2.96. The van der Waals surface area contributed by atoms with Gasteiger partial charge in [-0.25, -0.2) is 4.98 Å². The van der Waals surface area contributed by atoms with Crippen LogP contribution in [-0.2, 0) is 9.53 Å². The van der Waals surface area contributed by atoms with Gasteiger partial charge < -0.3 is 14.7 Å². The highest BCUT2D eigenvalue weighted by atomic mass is 16.5. The molecule has 1 aromatic heterocycles. The van der Waals surface area contributed by atoms with Crippen LogP contribution in [0.5, 0.6) is 5.75 Å². The van der Waals surface area contributed by atoms with E-state index in [4.69, 9.17) is 0 Å². The standard InChI is InChI=1S/C12H14N2O4/c1-18-12(17)8-4-6-14(7-8)11(16)10-9(15)3-2-5-13-10/h2-3,5,8,15H,4,6-7H2,1H3. The number of rotatable bonds is 2. The maximum absolute atomic E-state index is 12.1. The van der Waals surface area contributed by atoms with Crippen molar-refractivity contribution in [3.63, 3.8) is 0 Å². The first kappa shape index (κ1) is 12.3. The van der Waals surface area contributed by atoms with Crippen molar-refractivity contribution in [1.82, 2.24) is 9.88 Å². The molecule has 0 aromatic carbocycles. The molecule has 2 rings (SSSR count). The van der Waals surface area contributed by atoms with E-state index < -0.39 is 0 Å². The summed E-state index contributed by atoms with van der Waals surface area (Å²) in [7, 11) is 1.33. The first-order valence-electron chi connectivity index (χ1n) is 5.64. The zero-order valence-corrected chi connectivity index (χ0v) is 10.00. The van der Waals surface area contributed by atoms with Crippen molar-refractivity contribution >= 4 is 11.9 Å². The minimum Gasteiger partial charge on any atom is -0.505 e. The van der Waals surface area contributed by atoms with Gasteiger partial charge in [0.1, 0.15) is 5.75 Å². The van der Waals surface area contributed by atoms with Crippen molar-refractivity contribution < 1.29 is 19.4 Å². The Morgan fingerprint density at radius 2 is 2.33 bits per heavy atom. The van der Waals surface area contributed by atoms with Gasteiger partial charge in [-0.2, -0.15) is 0 Å². The molecule has 0 bridgehead atoms. The van der Waals surface area contributed by atoms with Crippen LogP contribution in [0.2, 0.25) is 0 Å². The van der Waals surface area contributed by atoms with E-state index in [1.807, 2.05) is 0 Å². The summed E-state index contributed by atoms with van der Waals surface area (Å²) in [5.41, 5.74) is 0.0167. The molecular weight excluding hydrogens is 236 g/mol. The van der Waals surface area contributed by atoms with Crippen LogP contribution in [0.15, 0.2) is 18.3 Å². The quantitative estimate of drug-likeness (QED) is 0.769. The van der Waals surface area contributed by atoms with E-state index in [0.717, 1.165) is 0 Å². The second-order valence-electron chi connectivity index (χ2n) is 4.13. The van der Waals surface area contributed by atoms with Crippen molar-refractivity contribution in [2.45, 2.75) is 6.42 Å². The fourth-order valence-electron chi connectivity index (χ4n) is 2.02. The monoisotopic (exact) mass is 250 g/mol. The van der Waals surface area contributed by atoms with Gasteiger partial charge >= 0.3 is 5.97 Å². The molecule has 6 heteroatoms. The molecule has 1 aliphatic heterocycles. The average Bonchev–Trinajstić information content (AvgIpc) is 2.87. The lowest BCUT2D eigenvalue weighted by atomic mass is 10.1. The molecule has 1 N–H and O–H groups in total. The van der Waals surface area contributed by atoms with Crippen LogP contribution in [0.25, 0.3) is 0 Å². The molecule has 1 unspecified atom stereocenters. The highest BCUT2D eigenvalue weighted by Gasteiger charge is 2.33. The lowest BCUT2D eigenvalue weighted by Crippen LogP contribution is -2.30. The highest BCUT2D eigenvalue weighted by molar-refractivity contribution is 5.95. The van der Waals surface area contributed by atoms with Gasteiger partial charge in [-0.15, -0.1) is 0 Å². The predicted octanol–water partition coefficient (Wildman–Crippen LogP) is 0.422. The minimum atomic E-state index is -0.362. The lowest BCUT2D eigenvalue weighted by molar-refractivity contribution is -0.144. The number of carbonyl (C=O) groups excluding carboxylic acids is 2. The normalized spacial score (nSPS) is 18.7. The summed E-state index contributed by atoms with van der Waals surface area (Å²) < 4.78 is 4.65. The molecule has 1 aromatic rings. The second-order valence-corrected chi connectivity index (χ2v) is 4.13. The summed E-state index contributed by atoms with van der Waals surface area (Å²) in [5, 5.41) is 9.56. The number of amides is 1. The van der Waals surface area contributed by atoms with Gasteiger partial charge in [0.05, 0.1) is 13.0 Å². The maximum atomic E-state index is 12.1. The molecule has 1 atom stereocenters. The van der Waals surface area contributed by atoms with Gasteiger partial charge in [0.2, 0.25) is 0 Å². The van der Waals surface area contributed by atoms with Crippen LogP contribution in [0.1, 0.15) is 16.9 Å². The van der Waals surface area contributed by atoms with Crippen molar-refractivity contribution in [2.24, 2.45) is 5.92 Å². The van der Waals surface area contributed by atoms with Crippen molar-refractivity contribution in [1.29, 1.82) is 0 Å². The number of carbonyl (C=O) groups is 2. The number of likely N-dealkylation sites (tertiary alicyclic amines) is 1. The second kappa shape index (κ2) is 5.03. The third kappa shape index (κ3) is 2.27. The number of ether oxygens (including phenoxy) is 1. The Bertz CT molecular complexity index is 475. The Balaban J connectivity index is 2.08. The molecule has 0 saturated carbocycles. The van der Waals surface area contributed by atoms with Gasteiger partial charge in [0.15, 0.2) is 5.69 Å². The first-order chi connectivity index (χ1) is 8.63. The predicted molar refractivity (Wildman–Crippen MR) is 61.9 cm³/mol. The van der Waals surface area contributed by atoms with Crippen LogP contribution in [0, 0.1) is 5.92 Å². The SMILES string of the molecule is COC(=O)C1CCN(C(=O)c2ncccc2O)C1. The number of hydrogen-bond donors (Lipinski definition) is 1. The van der Waals surface area contributed by atoms with E-state index in [2.05, 4.69) is 9.72 Å². The zero-order chi connectivity index (χ0) is 13.1. The van der Waals surface area contributed by atoms with Crippen molar-refractivity contribution in [2.75, 3.05) is 20.2 Å². The largest absolute Gasteiger partial charge is 0.505 e. The topological polar surface area (TPSA) is 79.7 Å². The van der Waals surface area contributed by atoms with E-state index in [1.165, 1.54) is 24.3 Å². The summed E-state index contributed by atoms with van der Waals surface area (Å²) in [4.78, 5) is 28.8. The van der Waals surface area contributed by atoms with Crippen LogP contribution in [0.3, 0.4) is 0 Å². The van der Waals surface area contributed by atoms with E-state index in [1.54, 1.807) is 6.07 Å². The summed E-state index contributed by atoms with van der Waals surface area (Å²) >= 11 is 0. The lowest BCUT2D eigenvalue weighted by Gasteiger charge is -2.15. The summed E-state index contributed by atoms with van der Waals surface area (Å²) in [6.07, 6.45) is 2.02. The molecule has 6 nitrogen and oxygen atoms in total. The Morgan fingerprint density at radius 3 is 3.00 bits per heavy atom. The third-order valence-corrected chi connectivity index (χ3v) is 3.00. The molecule has 1 fully saturated rings. The van der Waals surface area contributed by atoms with E-state index in [-0.39, 0.29) is 29.2 Å². The van der Waals surface area contributed by atoms with E-state index >= 15 is 0 Å². The Morgan fingerprint density at radius 1 is 1.56 bits per heavy atom. The van der Waals surface area contributed by atoms with Gasteiger partial charge in [-0.3, -0.25) is 9.59 Å². The van der Waals surface area contributed by atoms with Gasteiger partial charge in [-0.05, 0) is 18.6 Å². The van der Waals surface area contributed by atoms with E-state index in [9.17, 15) is 14.7 Å². The first-order valence-corrected chi connectivity index (χ1v) is 5.64. The number of methoxy groups -OCH3 is 1. The molecule has 2 heterocycles. The number of aromatic hydroxyl groups is 1. The number of hydrogen-bond acceptors (Lipinski definition) is 5. The number of pyridine rings is 1. The maximum Gasteiger partial charge on any atom is 0.310 e. The van der Waals surface area contributed by atoms with Gasteiger partial charge in [-0.1, -0.05) is 0 Å². The fourth-order valence-corrected chi connectivity index (χ4v) is 2.02. The zero-order valence-electron chi connectivity index (χ0n) is 10.00. The molecule has 0 radical (unpaired) electrons. The Labute approximate surface area is 104 Å². The van der Waals surface area contributed by atoms with Gasteiger partial charge in [0, 0.05) is 19.3 Å². The molecular formula is C12H14N2O4. The minimum absolute atomic E-state index is 0.0167. The number of esters is 1. The molecule has 1 amide bonds. The molecule has 0 spiro atoms. The number of nitrogens with zero attached hydrogens (tertiary/aromatic N) is 2. The fraction of sp³-hybridized carbons (Fsp3) is 0.417. The van der Waals surface area contributed by atoms with Crippen LogP contribution in [0.4, 0.5) is 0 Å². The van der Waals surface area contributed by atoms with E-state index in [0.29, 0.717) is 19.5 Å². The van der Waals surface area contributed by atoms with Crippen LogP contribution < -0.4 is 0 Å². The van der Waals surface area contributed by atoms with Crippen LogP contribution in [-0.4, -0.2) is 47.1 Å². The molecule has 0 aliphatic carbocycles. The smallest absolute Gasteiger partial charge is 0.310 e. The van der Waals surface area contributed by atoms with Crippen molar-refractivity contribution in [3.05, 3.63) is 24.0 Å². The molecule has 1 aliphatic rings. The molecule has 1 saturated heterocycles. The van der Waals surface area contributed by atoms with Crippen LogP contribution >= 0.6 is 0 Å². The molecule has 18 heavy (non-hydrogen) atoms. The molecule has 96 valence electrons. The highest BCUT2D eigenvalue weighted by Crippen LogP contribution is 2.22.